The molecule has 1 amide bonds. The molecule has 1 aliphatic heterocycles. The van der Waals surface area contributed by atoms with Gasteiger partial charge in [0.15, 0.2) is 0 Å². The van der Waals surface area contributed by atoms with Gasteiger partial charge in [0.05, 0.1) is 17.7 Å². The lowest BCUT2D eigenvalue weighted by Crippen LogP contribution is -2.27. The molecule has 0 spiro atoms. The summed E-state index contributed by atoms with van der Waals surface area (Å²) in [6, 6.07) is 13.6. The molecule has 0 radical (unpaired) electrons. The molecule has 1 fully saturated rings. The monoisotopic (exact) mass is 327 g/mol. The van der Waals surface area contributed by atoms with Crippen LogP contribution in [-0.2, 0) is 11.3 Å². The molecule has 110 valence electrons. The molecule has 0 saturated carbocycles. The molecule has 0 N–H and O–H groups in total. The number of carbonyl (C=O) groups is 1. The van der Waals surface area contributed by atoms with E-state index < -0.39 is 0 Å². The van der Waals surface area contributed by atoms with E-state index in [0.29, 0.717) is 15.8 Å². The molecule has 2 heterocycles. The maximum atomic E-state index is 12.4. The molecule has 1 aromatic carbocycles. The lowest BCUT2D eigenvalue weighted by molar-refractivity contribution is -0.122. The molecular formula is C17H13NO2S2. The van der Waals surface area contributed by atoms with Crippen molar-refractivity contribution in [1.82, 2.24) is 4.90 Å². The Balaban J connectivity index is 1.70. The number of thioether (sulfide) groups is 1. The van der Waals surface area contributed by atoms with Gasteiger partial charge in [0.2, 0.25) is 0 Å². The van der Waals surface area contributed by atoms with E-state index >= 15 is 0 Å². The molecule has 3 rings (SSSR count). The predicted octanol–water partition coefficient (Wildman–Crippen LogP) is 4.24. The second kappa shape index (κ2) is 6.77. The van der Waals surface area contributed by atoms with Gasteiger partial charge in [-0.1, -0.05) is 66.5 Å². The molecule has 0 bridgehead atoms. The maximum absolute atomic E-state index is 12.4. The van der Waals surface area contributed by atoms with Crippen LogP contribution in [0.3, 0.4) is 0 Å². The Bertz CT molecular complexity index is 733. The van der Waals surface area contributed by atoms with Crippen LogP contribution in [0.25, 0.3) is 6.08 Å². The Morgan fingerprint density at radius 2 is 2.00 bits per heavy atom. The van der Waals surface area contributed by atoms with Crippen LogP contribution >= 0.6 is 24.0 Å². The standard InChI is InChI=1S/C17H13NO2S2/c19-16-15(10-4-8-13-6-2-1-3-7-13)22-17(21)18(16)12-14-9-5-11-20-14/h1-11H,12H2/b8-4-,15-10-. The Hall–Kier alpha value is -2.11. The van der Waals surface area contributed by atoms with Crippen molar-refractivity contribution in [3.8, 4) is 0 Å². The Morgan fingerprint density at radius 1 is 1.18 bits per heavy atom. The molecule has 0 atom stereocenters. The van der Waals surface area contributed by atoms with Crippen LogP contribution < -0.4 is 0 Å². The van der Waals surface area contributed by atoms with Gasteiger partial charge < -0.3 is 4.42 Å². The molecule has 1 saturated heterocycles. The highest BCUT2D eigenvalue weighted by Gasteiger charge is 2.32. The van der Waals surface area contributed by atoms with Crippen LogP contribution in [-0.4, -0.2) is 15.1 Å². The van der Waals surface area contributed by atoms with Crippen molar-refractivity contribution in [1.29, 1.82) is 0 Å². The number of thiocarbonyl (C=S) groups is 1. The lowest BCUT2D eigenvalue weighted by Gasteiger charge is -2.11. The first-order valence-corrected chi connectivity index (χ1v) is 7.96. The van der Waals surface area contributed by atoms with Gasteiger partial charge in [-0.2, -0.15) is 0 Å². The van der Waals surface area contributed by atoms with E-state index in [9.17, 15) is 4.79 Å². The van der Waals surface area contributed by atoms with E-state index in [1.807, 2.05) is 48.6 Å². The maximum Gasteiger partial charge on any atom is 0.266 e. The largest absolute Gasteiger partial charge is 0.467 e. The highest BCUT2D eigenvalue weighted by atomic mass is 32.2. The summed E-state index contributed by atoms with van der Waals surface area (Å²) in [6.45, 7) is 0.372. The summed E-state index contributed by atoms with van der Waals surface area (Å²) < 4.78 is 5.83. The number of allylic oxidation sites excluding steroid dienone is 2. The fourth-order valence-corrected chi connectivity index (χ4v) is 3.23. The molecule has 1 aliphatic rings. The van der Waals surface area contributed by atoms with Crippen LogP contribution in [0.15, 0.2) is 70.2 Å². The van der Waals surface area contributed by atoms with Gasteiger partial charge in [0, 0.05) is 0 Å². The number of benzene rings is 1. The summed E-state index contributed by atoms with van der Waals surface area (Å²) >= 11 is 6.59. The summed E-state index contributed by atoms with van der Waals surface area (Å²) in [7, 11) is 0. The van der Waals surface area contributed by atoms with Crippen molar-refractivity contribution >= 4 is 40.3 Å². The third-order valence-electron chi connectivity index (χ3n) is 3.10. The van der Waals surface area contributed by atoms with Gasteiger partial charge in [-0.05, 0) is 23.8 Å². The van der Waals surface area contributed by atoms with Gasteiger partial charge in [-0.25, -0.2) is 0 Å². The van der Waals surface area contributed by atoms with Crippen molar-refractivity contribution < 1.29 is 9.21 Å². The first-order valence-electron chi connectivity index (χ1n) is 6.73. The number of rotatable bonds is 4. The topological polar surface area (TPSA) is 33.5 Å². The Labute approximate surface area is 138 Å². The van der Waals surface area contributed by atoms with E-state index in [2.05, 4.69) is 0 Å². The molecule has 0 aliphatic carbocycles. The first kappa shape index (κ1) is 14.8. The quantitative estimate of drug-likeness (QED) is 0.621. The second-order valence-corrected chi connectivity index (χ2v) is 6.32. The van der Waals surface area contributed by atoms with E-state index in [1.165, 1.54) is 11.8 Å². The smallest absolute Gasteiger partial charge is 0.266 e. The molecule has 0 unspecified atom stereocenters. The average molecular weight is 327 g/mol. The van der Waals surface area contributed by atoms with E-state index in [-0.39, 0.29) is 5.91 Å². The van der Waals surface area contributed by atoms with E-state index in [4.69, 9.17) is 16.6 Å². The Kier molecular flexibility index (Phi) is 4.56. The van der Waals surface area contributed by atoms with Gasteiger partial charge in [0.25, 0.3) is 5.91 Å². The van der Waals surface area contributed by atoms with E-state index in [1.54, 1.807) is 23.3 Å². The summed E-state index contributed by atoms with van der Waals surface area (Å²) in [6.07, 6.45) is 7.22. The van der Waals surface area contributed by atoms with Crippen molar-refractivity contribution in [2.45, 2.75) is 6.54 Å². The van der Waals surface area contributed by atoms with E-state index in [0.717, 1.165) is 11.3 Å². The number of amides is 1. The predicted molar refractivity (Wildman–Crippen MR) is 93.0 cm³/mol. The molecule has 3 nitrogen and oxygen atoms in total. The minimum absolute atomic E-state index is 0.0795. The minimum atomic E-state index is -0.0795. The molecule has 1 aromatic heterocycles. The fourth-order valence-electron chi connectivity index (χ4n) is 2.02. The zero-order chi connectivity index (χ0) is 15.4. The molecule has 22 heavy (non-hydrogen) atoms. The number of hydrogen-bond donors (Lipinski definition) is 0. The summed E-state index contributed by atoms with van der Waals surface area (Å²) in [5, 5.41) is 0. The van der Waals surface area contributed by atoms with Crippen LogP contribution in [0.2, 0.25) is 0 Å². The SMILES string of the molecule is O=C1/C(=C/C=C\c2ccccc2)SC(=S)N1Cc1ccco1. The number of furan rings is 1. The Morgan fingerprint density at radius 3 is 2.73 bits per heavy atom. The zero-order valence-electron chi connectivity index (χ0n) is 11.6. The van der Waals surface area contributed by atoms with Crippen LogP contribution in [0.1, 0.15) is 11.3 Å². The fraction of sp³-hybridized carbons (Fsp3) is 0.0588. The highest BCUT2D eigenvalue weighted by Crippen LogP contribution is 2.32. The number of carbonyl (C=O) groups excluding carboxylic acids is 1. The van der Waals surface area contributed by atoms with Gasteiger partial charge in [-0.3, -0.25) is 9.69 Å². The third-order valence-corrected chi connectivity index (χ3v) is 4.50. The van der Waals surface area contributed by atoms with Crippen LogP contribution in [0, 0.1) is 0 Å². The van der Waals surface area contributed by atoms with Crippen molar-refractivity contribution in [2.24, 2.45) is 0 Å². The van der Waals surface area contributed by atoms with Crippen LogP contribution in [0.5, 0.6) is 0 Å². The molecule has 5 heteroatoms. The summed E-state index contributed by atoms with van der Waals surface area (Å²) in [5.41, 5.74) is 1.09. The van der Waals surface area contributed by atoms with Gasteiger partial charge in [-0.15, -0.1) is 0 Å². The molecule has 2 aromatic rings. The molecular weight excluding hydrogens is 314 g/mol. The first-order chi connectivity index (χ1) is 10.7. The summed E-state index contributed by atoms with van der Waals surface area (Å²) in [4.78, 5) is 14.5. The van der Waals surface area contributed by atoms with Crippen molar-refractivity contribution in [3.63, 3.8) is 0 Å². The third kappa shape index (κ3) is 3.37. The van der Waals surface area contributed by atoms with Crippen molar-refractivity contribution in [2.75, 3.05) is 0 Å². The number of hydrogen-bond acceptors (Lipinski definition) is 4. The minimum Gasteiger partial charge on any atom is -0.467 e. The lowest BCUT2D eigenvalue weighted by atomic mass is 10.2. The zero-order valence-corrected chi connectivity index (χ0v) is 13.3. The normalized spacial score (nSPS) is 17.1. The number of nitrogens with zero attached hydrogens (tertiary/aromatic N) is 1. The highest BCUT2D eigenvalue weighted by molar-refractivity contribution is 8.26. The van der Waals surface area contributed by atoms with Gasteiger partial charge in [0.1, 0.15) is 10.1 Å². The van der Waals surface area contributed by atoms with Crippen LogP contribution in [0.4, 0.5) is 0 Å². The second-order valence-electron chi connectivity index (χ2n) is 4.64. The van der Waals surface area contributed by atoms with Crippen molar-refractivity contribution in [3.05, 3.63) is 77.1 Å². The van der Waals surface area contributed by atoms with Gasteiger partial charge >= 0.3 is 0 Å². The average Bonchev–Trinajstić information content (AvgIpc) is 3.13. The summed E-state index contributed by atoms with van der Waals surface area (Å²) in [5.74, 6) is 0.640.